The van der Waals surface area contributed by atoms with Crippen LogP contribution in [0.4, 0.5) is 13.2 Å². The van der Waals surface area contributed by atoms with Gasteiger partial charge in [0, 0.05) is 5.02 Å². The zero-order valence-electron chi connectivity index (χ0n) is 8.75. The summed E-state index contributed by atoms with van der Waals surface area (Å²) < 4.78 is 63.2. The summed E-state index contributed by atoms with van der Waals surface area (Å²) in [5, 5.41) is -0.210. The lowest BCUT2D eigenvalue weighted by Gasteiger charge is -2.13. The summed E-state index contributed by atoms with van der Waals surface area (Å²) in [6.07, 6.45) is 0.0132. The van der Waals surface area contributed by atoms with Crippen LogP contribution in [0.25, 0.3) is 0 Å². The molecule has 0 atom stereocenters. The minimum absolute atomic E-state index is 0.210. The monoisotopic (exact) mass is 297 g/mol. The first-order valence-electron chi connectivity index (χ1n) is 4.48. The van der Waals surface area contributed by atoms with Crippen molar-refractivity contribution in [3.63, 3.8) is 0 Å². The molecule has 3 nitrogen and oxygen atoms in total. The number of rotatable bonds is 3. The Morgan fingerprint density at radius 2 is 2.00 bits per heavy atom. The summed E-state index contributed by atoms with van der Waals surface area (Å²) in [7, 11) is -4.32. The molecule has 0 aromatic heterocycles. The molecule has 0 bridgehead atoms. The number of hydrogen-bond acceptors (Lipinski definition) is 2. The fourth-order valence-electron chi connectivity index (χ4n) is 1.17. The van der Waals surface area contributed by atoms with Gasteiger partial charge in [-0.3, -0.25) is 0 Å². The van der Waals surface area contributed by atoms with Gasteiger partial charge in [0.2, 0.25) is 10.0 Å². The van der Waals surface area contributed by atoms with Crippen molar-refractivity contribution in [3.05, 3.63) is 28.8 Å². The third-order valence-electron chi connectivity index (χ3n) is 1.90. The standard InChI is InChI=1S/C10H7ClF3NO2S/c1-2-5-15-18(16,17)9-4-3-7(11)6-8(9)10(12,13)14/h1,3-4,6,15H,5H2. The highest BCUT2D eigenvalue weighted by Crippen LogP contribution is 2.35. The van der Waals surface area contributed by atoms with E-state index in [4.69, 9.17) is 18.0 Å². The highest BCUT2D eigenvalue weighted by atomic mass is 35.5. The molecule has 98 valence electrons. The quantitative estimate of drug-likeness (QED) is 0.870. The van der Waals surface area contributed by atoms with Crippen LogP contribution < -0.4 is 4.72 Å². The molecule has 0 heterocycles. The molecule has 0 aliphatic rings. The summed E-state index contributed by atoms with van der Waals surface area (Å²) in [5.74, 6) is 1.97. The second-order valence-electron chi connectivity index (χ2n) is 3.17. The number of terminal acetylenes is 1. The maximum Gasteiger partial charge on any atom is 0.417 e. The second-order valence-corrected chi connectivity index (χ2v) is 5.34. The van der Waals surface area contributed by atoms with Crippen LogP contribution in [0.1, 0.15) is 5.56 Å². The average molecular weight is 298 g/mol. The lowest BCUT2D eigenvalue weighted by molar-refractivity contribution is -0.139. The van der Waals surface area contributed by atoms with Gasteiger partial charge in [0.1, 0.15) is 0 Å². The smallest absolute Gasteiger partial charge is 0.207 e. The van der Waals surface area contributed by atoms with Gasteiger partial charge in [-0.15, -0.1) is 6.42 Å². The summed E-state index contributed by atoms with van der Waals surface area (Å²) >= 11 is 5.43. The summed E-state index contributed by atoms with van der Waals surface area (Å²) in [5.41, 5.74) is -1.33. The first kappa shape index (κ1) is 14.8. The van der Waals surface area contributed by atoms with Crippen molar-refractivity contribution in [1.82, 2.24) is 4.72 Å². The number of hydrogen-bond donors (Lipinski definition) is 1. The Morgan fingerprint density at radius 1 is 1.39 bits per heavy atom. The molecule has 0 fully saturated rings. The predicted molar refractivity (Wildman–Crippen MR) is 60.5 cm³/mol. The minimum atomic E-state index is -4.83. The van der Waals surface area contributed by atoms with Gasteiger partial charge in [-0.1, -0.05) is 17.5 Å². The molecule has 0 saturated heterocycles. The van der Waals surface area contributed by atoms with Crippen LogP contribution >= 0.6 is 11.6 Å². The van der Waals surface area contributed by atoms with E-state index in [2.05, 4.69) is 0 Å². The van der Waals surface area contributed by atoms with E-state index >= 15 is 0 Å². The highest BCUT2D eigenvalue weighted by Gasteiger charge is 2.37. The van der Waals surface area contributed by atoms with Gasteiger partial charge in [-0.05, 0) is 18.2 Å². The van der Waals surface area contributed by atoms with Crippen molar-refractivity contribution < 1.29 is 21.6 Å². The fraction of sp³-hybridized carbons (Fsp3) is 0.200. The number of halogens is 4. The molecular formula is C10H7ClF3NO2S. The van der Waals surface area contributed by atoms with Crippen molar-refractivity contribution in [2.75, 3.05) is 6.54 Å². The first-order chi connectivity index (χ1) is 8.18. The van der Waals surface area contributed by atoms with E-state index in [1.165, 1.54) is 0 Å². The van der Waals surface area contributed by atoms with Crippen LogP contribution in [0, 0.1) is 12.3 Å². The van der Waals surface area contributed by atoms with Gasteiger partial charge < -0.3 is 0 Å². The molecule has 1 rings (SSSR count). The molecule has 0 unspecified atom stereocenters. The van der Waals surface area contributed by atoms with Crippen LogP contribution in [0.3, 0.4) is 0 Å². The third kappa shape index (κ3) is 3.38. The summed E-state index contributed by atoms with van der Waals surface area (Å²) in [6, 6.07) is 2.39. The zero-order valence-corrected chi connectivity index (χ0v) is 10.3. The van der Waals surface area contributed by atoms with Crippen LogP contribution in [0.5, 0.6) is 0 Å². The first-order valence-corrected chi connectivity index (χ1v) is 6.34. The molecule has 8 heteroatoms. The Balaban J connectivity index is 3.38. The topological polar surface area (TPSA) is 46.2 Å². The maximum atomic E-state index is 12.7. The van der Waals surface area contributed by atoms with Gasteiger partial charge in [-0.25, -0.2) is 8.42 Å². The SMILES string of the molecule is C#CCNS(=O)(=O)c1ccc(Cl)cc1C(F)(F)F. The van der Waals surface area contributed by atoms with E-state index in [1.807, 2.05) is 10.6 Å². The second kappa shape index (κ2) is 5.18. The van der Waals surface area contributed by atoms with Crippen LogP contribution in [0.15, 0.2) is 23.1 Å². The summed E-state index contributed by atoms with van der Waals surface area (Å²) in [4.78, 5) is -0.908. The molecule has 1 aromatic carbocycles. The van der Waals surface area contributed by atoms with Crippen molar-refractivity contribution in [1.29, 1.82) is 0 Å². The maximum absolute atomic E-state index is 12.7. The van der Waals surface area contributed by atoms with E-state index in [1.54, 1.807) is 0 Å². The molecule has 0 aliphatic heterocycles. The average Bonchev–Trinajstić information content (AvgIpc) is 2.25. The minimum Gasteiger partial charge on any atom is -0.207 e. The van der Waals surface area contributed by atoms with Gasteiger partial charge in [-0.2, -0.15) is 17.9 Å². The molecule has 0 aliphatic carbocycles. The molecule has 0 radical (unpaired) electrons. The fourth-order valence-corrected chi connectivity index (χ4v) is 2.48. The van der Waals surface area contributed by atoms with Crippen molar-refractivity contribution >= 4 is 21.6 Å². The number of benzene rings is 1. The molecule has 0 amide bonds. The van der Waals surface area contributed by atoms with E-state index in [-0.39, 0.29) is 5.02 Å². The Kier molecular flexibility index (Phi) is 4.27. The largest absolute Gasteiger partial charge is 0.417 e. The van der Waals surface area contributed by atoms with Crippen molar-refractivity contribution in [2.45, 2.75) is 11.1 Å². The van der Waals surface area contributed by atoms with E-state index < -0.39 is 33.2 Å². The number of alkyl halides is 3. The Morgan fingerprint density at radius 3 is 2.50 bits per heavy atom. The van der Waals surface area contributed by atoms with Gasteiger partial charge in [0.25, 0.3) is 0 Å². The lowest BCUT2D eigenvalue weighted by Crippen LogP contribution is -2.26. The molecule has 1 N–H and O–H groups in total. The van der Waals surface area contributed by atoms with E-state index in [0.717, 1.165) is 12.1 Å². The van der Waals surface area contributed by atoms with Crippen LogP contribution in [0.2, 0.25) is 5.02 Å². The molecule has 18 heavy (non-hydrogen) atoms. The Labute approximate surface area is 107 Å². The molecular weight excluding hydrogens is 291 g/mol. The third-order valence-corrected chi connectivity index (χ3v) is 3.60. The molecule has 1 aromatic rings. The van der Waals surface area contributed by atoms with E-state index in [9.17, 15) is 21.6 Å². The molecule has 0 saturated carbocycles. The van der Waals surface area contributed by atoms with Crippen molar-refractivity contribution in [3.8, 4) is 12.3 Å². The van der Waals surface area contributed by atoms with Gasteiger partial charge in [0.15, 0.2) is 0 Å². The van der Waals surface area contributed by atoms with Gasteiger partial charge >= 0.3 is 6.18 Å². The Bertz CT molecular complexity index is 590. The van der Waals surface area contributed by atoms with Crippen LogP contribution in [-0.4, -0.2) is 15.0 Å². The Hall–Kier alpha value is -1.23. The zero-order chi connectivity index (χ0) is 14.0. The van der Waals surface area contributed by atoms with Crippen LogP contribution in [-0.2, 0) is 16.2 Å². The van der Waals surface area contributed by atoms with Crippen molar-refractivity contribution in [2.24, 2.45) is 0 Å². The number of nitrogens with one attached hydrogen (secondary N) is 1. The molecule has 0 spiro atoms. The normalized spacial score (nSPS) is 12.2. The summed E-state index contributed by atoms with van der Waals surface area (Å²) in [6.45, 7) is -0.401. The predicted octanol–water partition coefficient (Wildman–Crippen LogP) is 2.27. The number of sulfonamides is 1. The van der Waals surface area contributed by atoms with E-state index in [0.29, 0.717) is 6.07 Å². The lowest BCUT2D eigenvalue weighted by atomic mass is 10.2. The highest BCUT2D eigenvalue weighted by molar-refractivity contribution is 7.89. The van der Waals surface area contributed by atoms with Gasteiger partial charge in [0.05, 0.1) is 17.0 Å².